The Balaban J connectivity index is 1.41. The molecule has 3 heterocycles. The molecule has 2 aromatic rings. The summed E-state index contributed by atoms with van der Waals surface area (Å²) >= 11 is 1.45. The summed E-state index contributed by atoms with van der Waals surface area (Å²) in [7, 11) is 0. The van der Waals surface area contributed by atoms with Crippen LogP contribution in [0, 0.1) is 11.7 Å². The van der Waals surface area contributed by atoms with Crippen molar-refractivity contribution in [1.82, 2.24) is 14.5 Å². The third kappa shape index (κ3) is 3.21. The van der Waals surface area contributed by atoms with Crippen molar-refractivity contribution in [3.8, 4) is 0 Å². The number of anilines is 1. The van der Waals surface area contributed by atoms with Gasteiger partial charge in [0.05, 0.1) is 11.6 Å². The van der Waals surface area contributed by atoms with Crippen molar-refractivity contribution >= 4 is 23.4 Å². The molecule has 1 amide bonds. The van der Waals surface area contributed by atoms with E-state index in [-0.39, 0.29) is 23.2 Å². The average Bonchev–Trinajstić information content (AvgIpc) is 2.68. The molecule has 0 bridgehead atoms. The van der Waals surface area contributed by atoms with Crippen LogP contribution in [0.25, 0.3) is 0 Å². The number of nitrogens with zero attached hydrogens (tertiary/aromatic N) is 4. The lowest BCUT2D eigenvalue weighted by Crippen LogP contribution is -2.52. The lowest BCUT2D eigenvalue weighted by atomic mass is 10.1. The normalized spacial score (nSPS) is 20.0. The summed E-state index contributed by atoms with van der Waals surface area (Å²) < 4.78 is 15.5. The summed E-state index contributed by atoms with van der Waals surface area (Å²) in [5, 5.41) is 0.672. The van der Waals surface area contributed by atoms with Crippen LogP contribution < -0.4 is 10.5 Å². The second kappa shape index (κ2) is 7.11. The molecule has 0 spiro atoms. The first-order chi connectivity index (χ1) is 12.6. The zero-order valence-corrected chi connectivity index (χ0v) is 15.0. The molecule has 4 rings (SSSR count). The standard InChI is InChI=1S/C18H19FN4O2S/c19-14-3-1-2-4-15(14)21-7-9-22(10-8-21)17(25)13-11-23-16(24)5-6-20-18(23)26-12-13/h1-6,13H,7-12H2/t13-/m1/s1. The molecule has 2 aliphatic rings. The van der Waals surface area contributed by atoms with Crippen molar-refractivity contribution in [2.75, 3.05) is 36.8 Å². The molecule has 0 aliphatic carbocycles. The number of benzene rings is 1. The minimum atomic E-state index is -0.237. The highest BCUT2D eigenvalue weighted by Crippen LogP contribution is 2.27. The molecule has 1 fully saturated rings. The first kappa shape index (κ1) is 17.1. The fourth-order valence-corrected chi connectivity index (χ4v) is 4.49. The molecule has 8 heteroatoms. The number of fused-ring (bicyclic) bond motifs is 1. The van der Waals surface area contributed by atoms with Crippen LogP contribution >= 0.6 is 11.8 Å². The van der Waals surface area contributed by atoms with Crippen LogP contribution in [0.4, 0.5) is 10.1 Å². The van der Waals surface area contributed by atoms with Gasteiger partial charge in [0.15, 0.2) is 5.16 Å². The topological polar surface area (TPSA) is 58.4 Å². The first-order valence-electron chi connectivity index (χ1n) is 8.60. The smallest absolute Gasteiger partial charge is 0.254 e. The van der Waals surface area contributed by atoms with Crippen LogP contribution in [-0.4, -0.2) is 52.3 Å². The van der Waals surface area contributed by atoms with Crippen LogP contribution in [0.1, 0.15) is 0 Å². The van der Waals surface area contributed by atoms with Gasteiger partial charge in [0.25, 0.3) is 5.56 Å². The zero-order chi connectivity index (χ0) is 18.1. The second-order valence-electron chi connectivity index (χ2n) is 6.45. The summed E-state index contributed by atoms with van der Waals surface area (Å²) in [6.45, 7) is 2.70. The van der Waals surface area contributed by atoms with E-state index in [1.165, 1.54) is 30.1 Å². The van der Waals surface area contributed by atoms with Gasteiger partial charge in [-0.2, -0.15) is 0 Å². The molecule has 6 nitrogen and oxygen atoms in total. The van der Waals surface area contributed by atoms with Crippen molar-refractivity contribution in [3.05, 3.63) is 52.7 Å². The van der Waals surface area contributed by atoms with E-state index in [0.717, 1.165) is 0 Å². The molecule has 1 aromatic heterocycles. The Morgan fingerprint density at radius 1 is 1.15 bits per heavy atom. The van der Waals surface area contributed by atoms with Crippen LogP contribution in [0.2, 0.25) is 0 Å². The SMILES string of the molecule is O=C([C@H]1CSc2nccc(=O)n2C1)N1CCN(c2ccccc2F)CC1. The molecule has 0 N–H and O–H groups in total. The molecule has 2 aliphatic heterocycles. The van der Waals surface area contributed by atoms with E-state index in [1.807, 2.05) is 15.9 Å². The van der Waals surface area contributed by atoms with E-state index < -0.39 is 0 Å². The molecule has 0 unspecified atom stereocenters. The van der Waals surface area contributed by atoms with E-state index in [0.29, 0.717) is 49.3 Å². The summed E-state index contributed by atoms with van der Waals surface area (Å²) in [6.07, 6.45) is 1.51. The fraction of sp³-hybridized carbons (Fsp3) is 0.389. The number of rotatable bonds is 2. The summed E-state index contributed by atoms with van der Waals surface area (Å²) in [4.78, 5) is 32.8. The van der Waals surface area contributed by atoms with Gasteiger partial charge >= 0.3 is 0 Å². The van der Waals surface area contributed by atoms with Gasteiger partial charge in [-0.05, 0) is 12.1 Å². The van der Waals surface area contributed by atoms with Crippen LogP contribution in [0.3, 0.4) is 0 Å². The van der Waals surface area contributed by atoms with Crippen LogP contribution in [0.15, 0.2) is 46.5 Å². The van der Waals surface area contributed by atoms with E-state index in [2.05, 4.69) is 4.98 Å². The Kier molecular flexibility index (Phi) is 4.67. The maximum atomic E-state index is 13.9. The molecular weight excluding hydrogens is 355 g/mol. The summed E-state index contributed by atoms with van der Waals surface area (Å²) in [6, 6.07) is 8.13. The highest BCUT2D eigenvalue weighted by molar-refractivity contribution is 7.99. The van der Waals surface area contributed by atoms with E-state index in [9.17, 15) is 14.0 Å². The number of hydrogen-bond donors (Lipinski definition) is 0. The van der Waals surface area contributed by atoms with Gasteiger partial charge in [0.2, 0.25) is 5.91 Å². The van der Waals surface area contributed by atoms with Gasteiger partial charge < -0.3 is 9.80 Å². The quantitative estimate of drug-likeness (QED) is 0.745. The van der Waals surface area contributed by atoms with E-state index in [4.69, 9.17) is 0 Å². The fourth-order valence-electron chi connectivity index (χ4n) is 3.43. The number of thioether (sulfide) groups is 1. The third-order valence-electron chi connectivity index (χ3n) is 4.85. The first-order valence-corrected chi connectivity index (χ1v) is 9.59. The van der Waals surface area contributed by atoms with Crippen LogP contribution in [-0.2, 0) is 11.3 Å². The van der Waals surface area contributed by atoms with Gasteiger partial charge in [-0.15, -0.1) is 0 Å². The summed E-state index contributed by atoms with van der Waals surface area (Å²) in [5.41, 5.74) is 0.462. The molecule has 0 radical (unpaired) electrons. The average molecular weight is 374 g/mol. The Bertz CT molecular complexity index is 879. The number of para-hydroxylation sites is 1. The van der Waals surface area contributed by atoms with Crippen molar-refractivity contribution < 1.29 is 9.18 Å². The van der Waals surface area contributed by atoms with E-state index >= 15 is 0 Å². The maximum absolute atomic E-state index is 13.9. The maximum Gasteiger partial charge on any atom is 0.254 e. The number of amides is 1. The Morgan fingerprint density at radius 2 is 1.92 bits per heavy atom. The lowest BCUT2D eigenvalue weighted by molar-refractivity contribution is -0.135. The molecule has 1 atom stereocenters. The Labute approximate surface area is 154 Å². The molecular formula is C18H19FN4O2S. The minimum absolute atomic E-state index is 0.0621. The highest BCUT2D eigenvalue weighted by atomic mass is 32.2. The monoisotopic (exact) mass is 374 g/mol. The third-order valence-corrected chi connectivity index (χ3v) is 6.00. The number of halogens is 1. The number of piperazine rings is 1. The predicted molar refractivity (Wildman–Crippen MR) is 97.9 cm³/mol. The molecule has 26 heavy (non-hydrogen) atoms. The van der Waals surface area contributed by atoms with Crippen LogP contribution in [0.5, 0.6) is 0 Å². The second-order valence-corrected chi connectivity index (χ2v) is 7.44. The van der Waals surface area contributed by atoms with Gasteiger partial charge in [-0.3, -0.25) is 14.2 Å². The van der Waals surface area contributed by atoms with Crippen molar-refractivity contribution in [1.29, 1.82) is 0 Å². The van der Waals surface area contributed by atoms with Crippen molar-refractivity contribution in [2.24, 2.45) is 5.92 Å². The number of carbonyl (C=O) groups is 1. The summed E-state index contributed by atoms with van der Waals surface area (Å²) in [5.74, 6) is 0.226. The van der Waals surface area contributed by atoms with Gasteiger partial charge in [-0.25, -0.2) is 9.37 Å². The molecule has 1 aromatic carbocycles. The van der Waals surface area contributed by atoms with E-state index in [1.54, 1.807) is 16.7 Å². The Hall–Kier alpha value is -2.35. The minimum Gasteiger partial charge on any atom is -0.366 e. The molecule has 136 valence electrons. The molecule has 0 saturated carbocycles. The van der Waals surface area contributed by atoms with Gasteiger partial charge in [0, 0.05) is 50.7 Å². The zero-order valence-electron chi connectivity index (χ0n) is 14.2. The predicted octanol–water partition coefficient (Wildman–Crippen LogP) is 1.45. The largest absolute Gasteiger partial charge is 0.366 e. The number of carbonyl (C=O) groups excluding carboxylic acids is 1. The number of aromatic nitrogens is 2. The highest BCUT2D eigenvalue weighted by Gasteiger charge is 2.31. The van der Waals surface area contributed by atoms with Crippen molar-refractivity contribution in [2.45, 2.75) is 11.7 Å². The lowest BCUT2D eigenvalue weighted by Gasteiger charge is -2.38. The van der Waals surface area contributed by atoms with Gasteiger partial charge in [0.1, 0.15) is 5.82 Å². The van der Waals surface area contributed by atoms with Crippen molar-refractivity contribution in [3.63, 3.8) is 0 Å². The number of hydrogen-bond acceptors (Lipinski definition) is 5. The van der Waals surface area contributed by atoms with Gasteiger partial charge in [-0.1, -0.05) is 23.9 Å². The molecule has 1 saturated heterocycles. The Morgan fingerprint density at radius 3 is 2.69 bits per heavy atom.